The van der Waals surface area contributed by atoms with Crippen molar-refractivity contribution in [1.29, 1.82) is 0 Å². The van der Waals surface area contributed by atoms with Crippen molar-refractivity contribution in [3.05, 3.63) is 80.8 Å². The number of para-hydroxylation sites is 1. The first-order chi connectivity index (χ1) is 16.5. The third-order valence-corrected chi connectivity index (χ3v) is 6.16. The van der Waals surface area contributed by atoms with Gasteiger partial charge >= 0.3 is 5.69 Å². The summed E-state index contributed by atoms with van der Waals surface area (Å²) in [5.41, 5.74) is 1.37. The standard InChI is InChI=1S/C26H27N3O5/c1-3-32-19-12-10-18(11-13-19)24-27-22(17(2)34-24)16-28-23-9-5-4-8-21(23)25(30)29(26(28)31)15-20-7-6-14-33-20/h4-5,8-13,20H,3,6-7,14-16H2,1-2H3/t20-/m0/s1. The molecule has 176 valence electrons. The first kappa shape index (κ1) is 22.2. The summed E-state index contributed by atoms with van der Waals surface area (Å²) in [6.07, 6.45) is 1.65. The van der Waals surface area contributed by atoms with E-state index in [9.17, 15) is 9.59 Å². The molecule has 8 heteroatoms. The number of aryl methyl sites for hydroxylation is 1. The van der Waals surface area contributed by atoms with Crippen LogP contribution < -0.4 is 16.0 Å². The van der Waals surface area contributed by atoms with Crippen LogP contribution in [0.5, 0.6) is 5.75 Å². The molecule has 0 aliphatic carbocycles. The summed E-state index contributed by atoms with van der Waals surface area (Å²) in [6.45, 7) is 5.46. The van der Waals surface area contributed by atoms with E-state index < -0.39 is 0 Å². The summed E-state index contributed by atoms with van der Waals surface area (Å²) >= 11 is 0. The van der Waals surface area contributed by atoms with Gasteiger partial charge in [0.05, 0.1) is 36.7 Å². The minimum Gasteiger partial charge on any atom is -0.494 e. The highest BCUT2D eigenvalue weighted by molar-refractivity contribution is 5.77. The molecule has 1 aliphatic heterocycles. The van der Waals surface area contributed by atoms with Crippen LogP contribution in [0.25, 0.3) is 22.4 Å². The zero-order chi connectivity index (χ0) is 23.7. The summed E-state index contributed by atoms with van der Waals surface area (Å²) in [6, 6.07) is 14.7. The molecule has 0 bridgehead atoms. The van der Waals surface area contributed by atoms with E-state index in [1.807, 2.05) is 44.2 Å². The van der Waals surface area contributed by atoms with Crippen LogP contribution in [0.2, 0.25) is 0 Å². The van der Waals surface area contributed by atoms with Crippen molar-refractivity contribution in [2.45, 2.75) is 45.9 Å². The van der Waals surface area contributed by atoms with Crippen LogP contribution in [0.3, 0.4) is 0 Å². The zero-order valence-corrected chi connectivity index (χ0v) is 19.3. The van der Waals surface area contributed by atoms with E-state index in [4.69, 9.17) is 13.9 Å². The van der Waals surface area contributed by atoms with E-state index in [-0.39, 0.29) is 30.4 Å². The number of benzene rings is 2. The normalized spacial score (nSPS) is 15.8. The summed E-state index contributed by atoms with van der Waals surface area (Å²) < 4.78 is 20.0. The Hall–Kier alpha value is -3.65. The van der Waals surface area contributed by atoms with E-state index in [0.29, 0.717) is 41.5 Å². The van der Waals surface area contributed by atoms with E-state index in [2.05, 4.69) is 4.98 Å². The lowest BCUT2D eigenvalue weighted by Gasteiger charge is -2.16. The van der Waals surface area contributed by atoms with Gasteiger partial charge in [-0.3, -0.25) is 13.9 Å². The minimum absolute atomic E-state index is 0.125. The molecule has 3 heterocycles. The van der Waals surface area contributed by atoms with E-state index in [1.54, 1.807) is 22.8 Å². The molecule has 0 saturated carbocycles. The molecule has 1 saturated heterocycles. The van der Waals surface area contributed by atoms with Crippen LogP contribution in [0.15, 0.2) is 62.5 Å². The maximum absolute atomic E-state index is 13.5. The molecule has 0 unspecified atom stereocenters. The van der Waals surface area contributed by atoms with E-state index >= 15 is 0 Å². The summed E-state index contributed by atoms with van der Waals surface area (Å²) in [5, 5.41) is 0.494. The number of nitrogens with zero attached hydrogens (tertiary/aromatic N) is 3. The Morgan fingerprint density at radius 1 is 1.09 bits per heavy atom. The molecule has 2 aromatic heterocycles. The van der Waals surface area contributed by atoms with Gasteiger partial charge in [-0.2, -0.15) is 0 Å². The van der Waals surface area contributed by atoms with Crippen molar-refractivity contribution in [3.63, 3.8) is 0 Å². The third-order valence-electron chi connectivity index (χ3n) is 6.16. The Balaban J connectivity index is 1.54. The van der Waals surface area contributed by atoms with Crippen LogP contribution in [-0.2, 0) is 17.8 Å². The van der Waals surface area contributed by atoms with Crippen LogP contribution >= 0.6 is 0 Å². The van der Waals surface area contributed by atoms with Gasteiger partial charge in [0.15, 0.2) is 0 Å². The summed E-state index contributed by atoms with van der Waals surface area (Å²) in [5.74, 6) is 1.87. The van der Waals surface area contributed by atoms with E-state index in [0.717, 1.165) is 24.2 Å². The molecular weight excluding hydrogens is 434 g/mol. The molecule has 1 aliphatic rings. The Kier molecular flexibility index (Phi) is 6.06. The second-order valence-electron chi connectivity index (χ2n) is 8.42. The molecule has 8 nitrogen and oxygen atoms in total. The van der Waals surface area contributed by atoms with Gasteiger partial charge < -0.3 is 13.9 Å². The van der Waals surface area contributed by atoms with Gasteiger partial charge in [0, 0.05) is 12.2 Å². The van der Waals surface area contributed by atoms with Gasteiger partial charge in [-0.05, 0) is 63.1 Å². The number of oxazole rings is 1. The second-order valence-corrected chi connectivity index (χ2v) is 8.42. The molecule has 0 amide bonds. The highest BCUT2D eigenvalue weighted by Crippen LogP contribution is 2.25. The van der Waals surface area contributed by atoms with E-state index in [1.165, 1.54) is 4.57 Å². The third kappa shape index (κ3) is 4.17. The first-order valence-electron chi connectivity index (χ1n) is 11.6. The lowest BCUT2D eigenvalue weighted by Crippen LogP contribution is -2.42. The highest BCUT2D eigenvalue weighted by Gasteiger charge is 2.21. The average Bonchev–Trinajstić information content (AvgIpc) is 3.50. The SMILES string of the molecule is CCOc1ccc(-c2nc(Cn3c(=O)n(C[C@@H]4CCCO4)c(=O)c4ccccc43)c(C)o2)cc1. The molecule has 0 radical (unpaired) electrons. The van der Waals surface area contributed by atoms with Crippen LogP contribution in [0, 0.1) is 6.92 Å². The minimum atomic E-state index is -0.371. The van der Waals surface area contributed by atoms with Crippen molar-refractivity contribution < 1.29 is 13.9 Å². The van der Waals surface area contributed by atoms with Crippen molar-refractivity contribution in [2.75, 3.05) is 13.2 Å². The molecule has 0 spiro atoms. The Bertz CT molecular complexity index is 1430. The largest absolute Gasteiger partial charge is 0.494 e. The molecule has 1 atom stereocenters. The predicted molar refractivity (Wildman–Crippen MR) is 128 cm³/mol. The molecule has 5 rings (SSSR count). The van der Waals surface area contributed by atoms with Gasteiger partial charge in [-0.25, -0.2) is 9.78 Å². The van der Waals surface area contributed by atoms with Crippen molar-refractivity contribution >= 4 is 10.9 Å². The molecule has 1 fully saturated rings. The molecule has 2 aromatic carbocycles. The Labute approximate surface area is 196 Å². The van der Waals surface area contributed by atoms with Gasteiger partial charge in [-0.1, -0.05) is 12.1 Å². The number of hydrogen-bond acceptors (Lipinski definition) is 6. The van der Waals surface area contributed by atoms with Crippen molar-refractivity contribution in [3.8, 4) is 17.2 Å². The lowest BCUT2D eigenvalue weighted by atomic mass is 10.2. The fraction of sp³-hybridized carbons (Fsp3) is 0.346. The monoisotopic (exact) mass is 461 g/mol. The molecule has 0 N–H and O–H groups in total. The van der Waals surface area contributed by atoms with Crippen molar-refractivity contribution in [2.24, 2.45) is 0 Å². The maximum atomic E-state index is 13.5. The number of rotatable bonds is 7. The fourth-order valence-electron chi connectivity index (χ4n) is 4.39. The summed E-state index contributed by atoms with van der Waals surface area (Å²) in [4.78, 5) is 31.3. The lowest BCUT2D eigenvalue weighted by molar-refractivity contribution is 0.0948. The second kappa shape index (κ2) is 9.30. The summed E-state index contributed by atoms with van der Waals surface area (Å²) in [7, 11) is 0. The number of hydrogen-bond donors (Lipinski definition) is 0. The number of fused-ring (bicyclic) bond motifs is 1. The number of ether oxygens (including phenoxy) is 2. The quantitative estimate of drug-likeness (QED) is 0.417. The predicted octanol–water partition coefficient (Wildman–Crippen LogP) is 3.75. The Morgan fingerprint density at radius 2 is 1.88 bits per heavy atom. The van der Waals surface area contributed by atoms with Gasteiger partial charge in [-0.15, -0.1) is 0 Å². The topological polar surface area (TPSA) is 88.5 Å². The molecular formula is C26H27N3O5. The van der Waals surface area contributed by atoms with Crippen LogP contribution in [-0.4, -0.2) is 33.4 Å². The average molecular weight is 462 g/mol. The van der Waals surface area contributed by atoms with Crippen LogP contribution in [0.1, 0.15) is 31.2 Å². The maximum Gasteiger partial charge on any atom is 0.331 e. The van der Waals surface area contributed by atoms with Crippen LogP contribution in [0.4, 0.5) is 0 Å². The van der Waals surface area contributed by atoms with Gasteiger partial charge in [0.1, 0.15) is 17.2 Å². The molecule has 34 heavy (non-hydrogen) atoms. The fourth-order valence-corrected chi connectivity index (χ4v) is 4.39. The smallest absolute Gasteiger partial charge is 0.331 e. The Morgan fingerprint density at radius 3 is 2.62 bits per heavy atom. The molecule has 4 aromatic rings. The highest BCUT2D eigenvalue weighted by atomic mass is 16.5. The number of aromatic nitrogens is 3. The van der Waals surface area contributed by atoms with Gasteiger partial charge in [0.25, 0.3) is 5.56 Å². The zero-order valence-electron chi connectivity index (χ0n) is 19.3. The van der Waals surface area contributed by atoms with Crippen molar-refractivity contribution in [1.82, 2.24) is 14.1 Å². The van der Waals surface area contributed by atoms with Gasteiger partial charge in [0.2, 0.25) is 5.89 Å². The first-order valence-corrected chi connectivity index (χ1v) is 11.6.